The van der Waals surface area contributed by atoms with Crippen molar-refractivity contribution in [2.24, 2.45) is 0 Å². The number of hydrogen-bond acceptors (Lipinski definition) is 1. The molecule has 0 heterocycles. The van der Waals surface area contributed by atoms with E-state index in [1.807, 2.05) is 0 Å². The summed E-state index contributed by atoms with van der Waals surface area (Å²) < 4.78 is 44.4. The molecule has 0 aromatic heterocycles. The summed E-state index contributed by atoms with van der Waals surface area (Å²) in [5.41, 5.74) is -0.287. The van der Waals surface area contributed by atoms with Crippen molar-refractivity contribution in [2.75, 3.05) is 0 Å². The highest BCUT2D eigenvalue weighted by atomic mass is 79.9. The van der Waals surface area contributed by atoms with Gasteiger partial charge in [-0.3, -0.25) is 0 Å². The first-order chi connectivity index (χ1) is 9.40. The van der Waals surface area contributed by atoms with Gasteiger partial charge in [0, 0.05) is 10.4 Å². The second-order valence-corrected chi connectivity index (χ2v) is 5.02. The zero-order chi connectivity index (χ0) is 14.8. The molecule has 0 N–H and O–H groups in total. The maximum absolute atomic E-state index is 13.0. The maximum atomic E-state index is 13.0. The molecule has 0 spiro atoms. The van der Waals surface area contributed by atoms with Crippen LogP contribution in [0.3, 0.4) is 0 Å². The van der Waals surface area contributed by atoms with Crippen molar-refractivity contribution in [2.45, 2.75) is 11.5 Å². The molecule has 1 nitrogen and oxygen atoms in total. The molecule has 106 valence electrons. The zero-order valence-corrected chi connectivity index (χ0v) is 12.4. The van der Waals surface area contributed by atoms with Crippen LogP contribution in [0.4, 0.5) is 13.2 Å². The van der Waals surface area contributed by atoms with Crippen molar-refractivity contribution in [3.05, 3.63) is 58.6 Å². The summed E-state index contributed by atoms with van der Waals surface area (Å²) in [5, 5.41) is 0.737. The van der Waals surface area contributed by atoms with Crippen LogP contribution < -0.4 is 4.74 Å². The van der Waals surface area contributed by atoms with Gasteiger partial charge in [0.15, 0.2) is 0 Å². The Balaban J connectivity index is 2.41. The minimum Gasteiger partial charge on any atom is -0.457 e. The monoisotopic (exact) mass is 364 g/mol. The van der Waals surface area contributed by atoms with Gasteiger partial charge in [-0.1, -0.05) is 39.7 Å². The fraction of sp³-hybridized carbons (Fsp3) is 0.143. The standard InChI is InChI=1S/C14H9BrClF3O/c15-8-9-4-5-13(12(6-9)14(17,18)19)20-11-3-1-2-10(16)7-11/h1-7H,8H2. The quantitative estimate of drug-likeness (QED) is 0.602. The number of alkyl halides is 4. The lowest BCUT2D eigenvalue weighted by molar-refractivity contribution is -0.138. The van der Waals surface area contributed by atoms with Gasteiger partial charge in [0.05, 0.1) is 5.56 Å². The Kier molecular flexibility index (Phi) is 4.60. The van der Waals surface area contributed by atoms with E-state index < -0.39 is 11.7 Å². The minimum atomic E-state index is -4.48. The van der Waals surface area contributed by atoms with Crippen molar-refractivity contribution in [3.8, 4) is 11.5 Å². The molecule has 6 heteroatoms. The Bertz CT molecular complexity index is 614. The molecule has 0 saturated heterocycles. The second-order valence-electron chi connectivity index (χ2n) is 4.02. The second kappa shape index (κ2) is 6.06. The molecule has 2 rings (SSSR count). The molecule has 0 bridgehead atoms. The summed E-state index contributed by atoms with van der Waals surface area (Å²) in [6.45, 7) is 0. The van der Waals surface area contributed by atoms with Crippen LogP contribution in [-0.4, -0.2) is 0 Å². The number of ether oxygens (including phenoxy) is 1. The Labute approximate surface area is 127 Å². The summed E-state index contributed by atoms with van der Waals surface area (Å²) in [6, 6.07) is 10.2. The predicted molar refractivity (Wildman–Crippen MR) is 75.6 cm³/mol. The van der Waals surface area contributed by atoms with E-state index >= 15 is 0 Å². The third kappa shape index (κ3) is 3.67. The molecule has 0 aliphatic carbocycles. The van der Waals surface area contributed by atoms with E-state index in [1.165, 1.54) is 12.1 Å². The molecule has 0 aliphatic heterocycles. The number of rotatable bonds is 3. The van der Waals surface area contributed by atoms with Gasteiger partial charge in [0.2, 0.25) is 0 Å². The van der Waals surface area contributed by atoms with Crippen molar-refractivity contribution >= 4 is 27.5 Å². The zero-order valence-electron chi connectivity index (χ0n) is 10.0. The molecular weight excluding hydrogens is 357 g/mol. The van der Waals surface area contributed by atoms with Crippen molar-refractivity contribution < 1.29 is 17.9 Å². The van der Waals surface area contributed by atoms with E-state index in [4.69, 9.17) is 16.3 Å². The van der Waals surface area contributed by atoms with E-state index in [0.29, 0.717) is 15.9 Å². The highest BCUT2D eigenvalue weighted by Crippen LogP contribution is 2.39. The summed E-state index contributed by atoms with van der Waals surface area (Å²) >= 11 is 8.91. The molecule has 0 unspecified atom stereocenters. The first-order valence-corrected chi connectivity index (χ1v) is 7.09. The van der Waals surface area contributed by atoms with Gasteiger partial charge < -0.3 is 4.74 Å². The van der Waals surface area contributed by atoms with Crippen molar-refractivity contribution in [1.82, 2.24) is 0 Å². The average Bonchev–Trinajstić information content (AvgIpc) is 2.38. The molecule has 0 atom stereocenters. The van der Waals surface area contributed by atoms with E-state index in [-0.39, 0.29) is 11.5 Å². The van der Waals surface area contributed by atoms with Crippen molar-refractivity contribution in [1.29, 1.82) is 0 Å². The van der Waals surface area contributed by atoms with E-state index in [1.54, 1.807) is 24.3 Å². The number of halogens is 5. The predicted octanol–water partition coefficient (Wildman–Crippen LogP) is 6.05. The lowest BCUT2D eigenvalue weighted by Gasteiger charge is -2.14. The van der Waals surface area contributed by atoms with Crippen LogP contribution in [0.15, 0.2) is 42.5 Å². The molecule has 0 fully saturated rings. The first-order valence-electron chi connectivity index (χ1n) is 5.59. The van der Waals surface area contributed by atoms with Gasteiger partial charge >= 0.3 is 6.18 Å². The van der Waals surface area contributed by atoms with Crippen LogP contribution in [0.2, 0.25) is 5.02 Å². The minimum absolute atomic E-state index is 0.246. The van der Waals surface area contributed by atoms with E-state index in [9.17, 15) is 13.2 Å². The first kappa shape index (κ1) is 15.2. The Morgan fingerprint density at radius 3 is 2.45 bits per heavy atom. The van der Waals surface area contributed by atoms with Gasteiger partial charge in [-0.2, -0.15) is 13.2 Å². The Morgan fingerprint density at radius 1 is 1.10 bits per heavy atom. The molecule has 0 saturated carbocycles. The SMILES string of the molecule is FC(F)(F)c1cc(CBr)ccc1Oc1cccc(Cl)c1. The summed E-state index contributed by atoms with van der Waals surface area (Å²) in [4.78, 5) is 0. The van der Waals surface area contributed by atoms with Crippen molar-refractivity contribution in [3.63, 3.8) is 0 Å². The Hall–Kier alpha value is -1.20. The molecule has 0 amide bonds. The largest absolute Gasteiger partial charge is 0.457 e. The normalized spacial score (nSPS) is 11.4. The van der Waals surface area contributed by atoms with Crippen LogP contribution >= 0.6 is 27.5 Å². The maximum Gasteiger partial charge on any atom is 0.419 e. The fourth-order valence-electron chi connectivity index (χ4n) is 1.63. The fourth-order valence-corrected chi connectivity index (χ4v) is 2.16. The van der Waals surface area contributed by atoms with Crippen LogP contribution in [0, 0.1) is 0 Å². The van der Waals surface area contributed by atoms with E-state index in [0.717, 1.165) is 6.07 Å². The van der Waals surface area contributed by atoms with Gasteiger partial charge in [-0.15, -0.1) is 0 Å². The lowest BCUT2D eigenvalue weighted by Crippen LogP contribution is -2.07. The highest BCUT2D eigenvalue weighted by Gasteiger charge is 2.34. The van der Waals surface area contributed by atoms with Gasteiger partial charge in [0.1, 0.15) is 11.5 Å². The van der Waals surface area contributed by atoms with Crippen LogP contribution in [0.5, 0.6) is 11.5 Å². The molecule has 0 radical (unpaired) electrons. The molecule has 2 aromatic rings. The third-order valence-corrected chi connectivity index (χ3v) is 3.41. The van der Waals surface area contributed by atoms with Gasteiger partial charge in [-0.05, 0) is 35.9 Å². The average molecular weight is 366 g/mol. The number of hydrogen-bond donors (Lipinski definition) is 0. The molecular formula is C14H9BrClF3O. The molecule has 0 aliphatic rings. The molecule has 20 heavy (non-hydrogen) atoms. The van der Waals surface area contributed by atoms with Crippen LogP contribution in [0.25, 0.3) is 0 Å². The molecule has 2 aromatic carbocycles. The summed E-state index contributed by atoms with van der Waals surface area (Å²) in [7, 11) is 0. The topological polar surface area (TPSA) is 9.23 Å². The highest BCUT2D eigenvalue weighted by molar-refractivity contribution is 9.08. The van der Waals surface area contributed by atoms with Gasteiger partial charge in [-0.25, -0.2) is 0 Å². The summed E-state index contributed by atoms with van der Waals surface area (Å²) in [6.07, 6.45) is -4.48. The lowest BCUT2D eigenvalue weighted by atomic mass is 10.1. The van der Waals surface area contributed by atoms with Crippen LogP contribution in [-0.2, 0) is 11.5 Å². The van der Waals surface area contributed by atoms with Gasteiger partial charge in [0.25, 0.3) is 0 Å². The van der Waals surface area contributed by atoms with E-state index in [2.05, 4.69) is 15.9 Å². The summed E-state index contributed by atoms with van der Waals surface area (Å²) in [5.74, 6) is 0.0130. The third-order valence-electron chi connectivity index (χ3n) is 2.53. The smallest absolute Gasteiger partial charge is 0.419 e. The number of benzene rings is 2. The Morgan fingerprint density at radius 2 is 1.85 bits per heavy atom. The van der Waals surface area contributed by atoms with Crippen LogP contribution in [0.1, 0.15) is 11.1 Å².